The number of likely N-dealkylation sites (N-methyl/N-ethyl adjacent to an activating group) is 1. The van der Waals surface area contributed by atoms with Crippen LogP contribution in [0.4, 0.5) is 5.69 Å². The van der Waals surface area contributed by atoms with E-state index in [1.165, 1.54) is 12.1 Å². The van der Waals surface area contributed by atoms with Crippen molar-refractivity contribution in [3.8, 4) is 0 Å². The minimum atomic E-state index is -0.379. The van der Waals surface area contributed by atoms with Gasteiger partial charge in [0.2, 0.25) is 0 Å². The maximum Gasteiger partial charge on any atom is 0.0761 e. The van der Waals surface area contributed by atoms with Crippen molar-refractivity contribution >= 4 is 5.69 Å². The standard InChI is InChI=1S/C16H26N2O/c1-4-17(5-2)16-10-11-18(12-16)15-8-6-14(7-9-15)13(3)19/h6-9,13,16,19H,4-5,10-12H2,1-3H3/t13-,16?/m1/s1. The summed E-state index contributed by atoms with van der Waals surface area (Å²) in [5.74, 6) is 0. The lowest BCUT2D eigenvalue weighted by atomic mass is 10.1. The maximum absolute atomic E-state index is 9.54. The van der Waals surface area contributed by atoms with Gasteiger partial charge >= 0.3 is 0 Å². The van der Waals surface area contributed by atoms with Gasteiger partial charge in [-0.05, 0) is 44.1 Å². The highest BCUT2D eigenvalue weighted by Gasteiger charge is 2.26. The normalized spacial score (nSPS) is 21.1. The van der Waals surface area contributed by atoms with Gasteiger partial charge in [0.1, 0.15) is 0 Å². The molecule has 1 heterocycles. The number of aliphatic hydroxyl groups is 1. The Kier molecular flexibility index (Phi) is 4.83. The first kappa shape index (κ1) is 14.4. The highest BCUT2D eigenvalue weighted by molar-refractivity contribution is 5.49. The van der Waals surface area contributed by atoms with E-state index in [9.17, 15) is 5.11 Å². The van der Waals surface area contributed by atoms with E-state index in [0.717, 1.165) is 31.7 Å². The Hall–Kier alpha value is -1.06. The quantitative estimate of drug-likeness (QED) is 0.884. The number of hydrogen-bond donors (Lipinski definition) is 1. The van der Waals surface area contributed by atoms with Gasteiger partial charge in [-0.15, -0.1) is 0 Å². The third-order valence-corrected chi connectivity index (χ3v) is 4.23. The Labute approximate surface area is 116 Å². The van der Waals surface area contributed by atoms with Crippen LogP contribution in [0.25, 0.3) is 0 Å². The summed E-state index contributed by atoms with van der Waals surface area (Å²) in [7, 11) is 0. The zero-order chi connectivity index (χ0) is 13.8. The molecule has 1 aliphatic rings. The summed E-state index contributed by atoms with van der Waals surface area (Å²) in [4.78, 5) is 5.00. The molecule has 0 radical (unpaired) electrons. The number of hydrogen-bond acceptors (Lipinski definition) is 3. The molecule has 1 saturated heterocycles. The van der Waals surface area contributed by atoms with Crippen molar-refractivity contribution in [3.05, 3.63) is 29.8 Å². The van der Waals surface area contributed by atoms with Gasteiger partial charge in [-0.1, -0.05) is 26.0 Å². The van der Waals surface area contributed by atoms with Crippen LogP contribution in [-0.2, 0) is 0 Å². The molecule has 2 atom stereocenters. The summed E-state index contributed by atoms with van der Waals surface area (Å²) in [5, 5.41) is 9.54. The van der Waals surface area contributed by atoms with Gasteiger partial charge in [-0.2, -0.15) is 0 Å². The number of benzene rings is 1. The lowest BCUT2D eigenvalue weighted by Gasteiger charge is -2.26. The molecule has 1 aliphatic heterocycles. The molecule has 106 valence electrons. The molecule has 1 N–H and O–H groups in total. The fourth-order valence-corrected chi connectivity index (χ4v) is 2.98. The fraction of sp³-hybridized carbons (Fsp3) is 0.625. The second-order valence-electron chi connectivity index (χ2n) is 5.38. The second kappa shape index (κ2) is 6.40. The van der Waals surface area contributed by atoms with E-state index in [4.69, 9.17) is 0 Å². The topological polar surface area (TPSA) is 26.7 Å². The van der Waals surface area contributed by atoms with Crippen LogP contribution in [0.5, 0.6) is 0 Å². The number of anilines is 1. The average Bonchev–Trinajstić information content (AvgIpc) is 2.90. The first-order chi connectivity index (χ1) is 9.15. The summed E-state index contributed by atoms with van der Waals surface area (Å²) in [6.07, 6.45) is 0.871. The van der Waals surface area contributed by atoms with Crippen LogP contribution in [0.2, 0.25) is 0 Å². The maximum atomic E-state index is 9.54. The Balaban J connectivity index is 2.00. The van der Waals surface area contributed by atoms with E-state index in [1.807, 2.05) is 12.1 Å². The lowest BCUT2D eigenvalue weighted by molar-refractivity contribution is 0.199. The van der Waals surface area contributed by atoms with E-state index in [0.29, 0.717) is 6.04 Å². The van der Waals surface area contributed by atoms with Crippen LogP contribution in [0.1, 0.15) is 38.9 Å². The SMILES string of the molecule is CCN(CC)C1CCN(c2ccc([C@@H](C)O)cc2)C1. The van der Waals surface area contributed by atoms with Gasteiger partial charge in [-0.25, -0.2) is 0 Å². The van der Waals surface area contributed by atoms with Gasteiger partial charge in [0, 0.05) is 24.8 Å². The molecule has 2 rings (SSSR count). The molecule has 19 heavy (non-hydrogen) atoms. The van der Waals surface area contributed by atoms with Gasteiger partial charge in [0.05, 0.1) is 6.10 Å². The Bertz CT molecular complexity index is 384. The molecule has 0 saturated carbocycles. The first-order valence-electron chi connectivity index (χ1n) is 7.42. The van der Waals surface area contributed by atoms with Crippen LogP contribution >= 0.6 is 0 Å². The highest BCUT2D eigenvalue weighted by Crippen LogP contribution is 2.24. The summed E-state index contributed by atoms with van der Waals surface area (Å²) >= 11 is 0. The molecule has 3 heteroatoms. The molecule has 0 bridgehead atoms. The summed E-state index contributed by atoms with van der Waals surface area (Å²) < 4.78 is 0. The minimum absolute atomic E-state index is 0.379. The predicted octanol–water partition coefficient (Wildman–Crippen LogP) is 2.66. The van der Waals surface area contributed by atoms with Crippen molar-refractivity contribution in [2.24, 2.45) is 0 Å². The van der Waals surface area contributed by atoms with Gasteiger partial charge in [-0.3, -0.25) is 4.90 Å². The fourth-order valence-electron chi connectivity index (χ4n) is 2.98. The number of nitrogens with zero attached hydrogens (tertiary/aromatic N) is 2. The van der Waals surface area contributed by atoms with Crippen LogP contribution in [0.15, 0.2) is 24.3 Å². The Morgan fingerprint density at radius 3 is 2.42 bits per heavy atom. The van der Waals surface area contributed by atoms with Gasteiger partial charge in [0.25, 0.3) is 0 Å². The van der Waals surface area contributed by atoms with Crippen molar-refractivity contribution in [2.75, 3.05) is 31.1 Å². The van der Waals surface area contributed by atoms with Crippen molar-refractivity contribution in [1.29, 1.82) is 0 Å². The third kappa shape index (κ3) is 3.28. The molecule has 3 nitrogen and oxygen atoms in total. The second-order valence-corrected chi connectivity index (χ2v) is 5.38. The molecule has 0 aliphatic carbocycles. The highest BCUT2D eigenvalue weighted by atomic mass is 16.3. The zero-order valence-electron chi connectivity index (χ0n) is 12.3. The molecular weight excluding hydrogens is 236 g/mol. The smallest absolute Gasteiger partial charge is 0.0761 e. The first-order valence-corrected chi connectivity index (χ1v) is 7.42. The van der Waals surface area contributed by atoms with E-state index in [-0.39, 0.29) is 6.10 Å². The lowest BCUT2D eigenvalue weighted by Crippen LogP contribution is -2.37. The van der Waals surface area contributed by atoms with Crippen molar-refractivity contribution in [3.63, 3.8) is 0 Å². The predicted molar refractivity (Wildman–Crippen MR) is 80.6 cm³/mol. The average molecular weight is 262 g/mol. The van der Waals surface area contributed by atoms with Crippen molar-refractivity contribution in [2.45, 2.75) is 39.3 Å². The monoisotopic (exact) mass is 262 g/mol. The Morgan fingerprint density at radius 1 is 1.26 bits per heavy atom. The van der Waals surface area contributed by atoms with Crippen LogP contribution in [0.3, 0.4) is 0 Å². The molecule has 1 aromatic carbocycles. The van der Waals surface area contributed by atoms with Crippen LogP contribution in [-0.4, -0.2) is 42.2 Å². The van der Waals surface area contributed by atoms with E-state index >= 15 is 0 Å². The third-order valence-electron chi connectivity index (χ3n) is 4.23. The van der Waals surface area contributed by atoms with Crippen LogP contribution in [0, 0.1) is 0 Å². The summed E-state index contributed by atoms with van der Waals surface area (Å²) in [5.41, 5.74) is 2.27. The molecule has 0 spiro atoms. The molecule has 1 fully saturated rings. The molecule has 1 aromatic rings. The molecule has 0 amide bonds. The molecule has 1 unspecified atom stereocenters. The molecular formula is C16H26N2O. The zero-order valence-corrected chi connectivity index (χ0v) is 12.3. The number of aliphatic hydroxyl groups excluding tert-OH is 1. The van der Waals surface area contributed by atoms with Crippen molar-refractivity contribution in [1.82, 2.24) is 4.90 Å². The van der Waals surface area contributed by atoms with Gasteiger partial charge < -0.3 is 10.0 Å². The minimum Gasteiger partial charge on any atom is -0.389 e. The Morgan fingerprint density at radius 2 is 1.89 bits per heavy atom. The summed E-state index contributed by atoms with van der Waals surface area (Å²) in [6.45, 7) is 10.8. The van der Waals surface area contributed by atoms with E-state index < -0.39 is 0 Å². The van der Waals surface area contributed by atoms with E-state index in [1.54, 1.807) is 6.92 Å². The van der Waals surface area contributed by atoms with Crippen LogP contribution < -0.4 is 4.90 Å². The van der Waals surface area contributed by atoms with Gasteiger partial charge in [0.15, 0.2) is 0 Å². The largest absolute Gasteiger partial charge is 0.389 e. The van der Waals surface area contributed by atoms with Crippen molar-refractivity contribution < 1.29 is 5.11 Å². The van der Waals surface area contributed by atoms with E-state index in [2.05, 4.69) is 35.8 Å². The molecule has 0 aromatic heterocycles. The summed E-state index contributed by atoms with van der Waals surface area (Å²) in [6, 6.07) is 9.01. The number of rotatable bonds is 5.